The minimum absolute atomic E-state index is 0.185. The van der Waals surface area contributed by atoms with Crippen molar-refractivity contribution in [2.45, 2.75) is 20.3 Å². The van der Waals surface area contributed by atoms with Crippen LogP contribution in [0.1, 0.15) is 29.3 Å². The van der Waals surface area contributed by atoms with Crippen LogP contribution in [-0.2, 0) is 0 Å². The van der Waals surface area contributed by atoms with E-state index in [4.69, 9.17) is 0 Å². The molecule has 0 bridgehead atoms. The van der Waals surface area contributed by atoms with Gasteiger partial charge in [-0.1, -0.05) is 19.1 Å². The van der Waals surface area contributed by atoms with Gasteiger partial charge in [0.15, 0.2) is 5.78 Å². The van der Waals surface area contributed by atoms with Crippen molar-refractivity contribution in [1.82, 2.24) is 0 Å². The number of rotatable bonds is 4. The zero-order valence-corrected chi connectivity index (χ0v) is 11.7. The molecule has 0 N–H and O–H groups in total. The van der Waals surface area contributed by atoms with Gasteiger partial charge in [-0.15, -0.1) is 0 Å². The van der Waals surface area contributed by atoms with Crippen molar-refractivity contribution in [3.63, 3.8) is 0 Å². The van der Waals surface area contributed by atoms with E-state index in [-0.39, 0.29) is 5.78 Å². The number of carbonyl (C=O) groups is 1. The Kier molecular flexibility index (Phi) is 4.00. The molecule has 0 heterocycles. The molecule has 2 rings (SSSR count). The molecule has 2 aromatic rings. The van der Waals surface area contributed by atoms with Gasteiger partial charge in [0, 0.05) is 30.4 Å². The second-order valence-electron chi connectivity index (χ2n) is 4.72. The first-order valence-electron chi connectivity index (χ1n) is 6.55. The second-order valence-corrected chi connectivity index (χ2v) is 4.72. The molecular formula is C17H19NO. The van der Waals surface area contributed by atoms with Crippen molar-refractivity contribution < 1.29 is 4.79 Å². The predicted octanol–water partition coefficient (Wildman–Crippen LogP) is 4.36. The zero-order chi connectivity index (χ0) is 13.8. The molecule has 2 aromatic carbocycles. The monoisotopic (exact) mass is 253 g/mol. The van der Waals surface area contributed by atoms with E-state index in [1.807, 2.05) is 38.2 Å². The largest absolute Gasteiger partial charge is 0.345 e. The molecule has 0 aliphatic heterocycles. The third-order valence-electron chi connectivity index (χ3n) is 3.29. The fourth-order valence-electron chi connectivity index (χ4n) is 2.06. The lowest BCUT2D eigenvalue weighted by atomic mass is 10.1. The average Bonchev–Trinajstić information content (AvgIpc) is 2.46. The lowest BCUT2D eigenvalue weighted by Gasteiger charge is -2.20. The van der Waals surface area contributed by atoms with Gasteiger partial charge >= 0.3 is 0 Å². The molecule has 0 aliphatic rings. The Morgan fingerprint density at radius 3 is 2.32 bits per heavy atom. The van der Waals surface area contributed by atoms with Crippen LogP contribution in [0, 0.1) is 6.92 Å². The summed E-state index contributed by atoms with van der Waals surface area (Å²) in [6.45, 7) is 3.97. The molecule has 0 aromatic heterocycles. The highest BCUT2D eigenvalue weighted by Gasteiger charge is 2.06. The normalized spacial score (nSPS) is 10.3. The summed E-state index contributed by atoms with van der Waals surface area (Å²) in [5, 5.41) is 0. The molecule has 0 amide bonds. The third-order valence-corrected chi connectivity index (χ3v) is 3.29. The summed E-state index contributed by atoms with van der Waals surface area (Å²) in [5.41, 5.74) is 4.25. The lowest BCUT2D eigenvalue weighted by Crippen LogP contribution is -2.09. The van der Waals surface area contributed by atoms with E-state index in [0.717, 1.165) is 16.9 Å². The minimum atomic E-state index is 0.185. The molecule has 0 radical (unpaired) electrons. The third kappa shape index (κ3) is 3.02. The highest BCUT2D eigenvalue weighted by molar-refractivity contribution is 5.96. The number of aryl methyl sites for hydroxylation is 1. The van der Waals surface area contributed by atoms with Gasteiger partial charge in [-0.05, 0) is 48.9 Å². The Bertz CT molecular complexity index is 572. The molecular weight excluding hydrogens is 234 g/mol. The Morgan fingerprint density at radius 1 is 1.05 bits per heavy atom. The molecule has 0 saturated heterocycles. The van der Waals surface area contributed by atoms with E-state index < -0.39 is 0 Å². The van der Waals surface area contributed by atoms with E-state index in [1.165, 1.54) is 5.56 Å². The van der Waals surface area contributed by atoms with Crippen LogP contribution in [0.25, 0.3) is 0 Å². The number of hydrogen-bond acceptors (Lipinski definition) is 2. The maximum atomic E-state index is 11.6. The highest BCUT2D eigenvalue weighted by Crippen LogP contribution is 2.24. The number of benzene rings is 2. The molecule has 0 atom stereocenters. The maximum absolute atomic E-state index is 11.6. The number of hydrogen-bond donors (Lipinski definition) is 0. The van der Waals surface area contributed by atoms with E-state index >= 15 is 0 Å². The number of anilines is 2. The second kappa shape index (κ2) is 5.70. The van der Waals surface area contributed by atoms with Gasteiger partial charge in [0.05, 0.1) is 0 Å². The lowest BCUT2D eigenvalue weighted by molar-refractivity contribution is 0.0988. The van der Waals surface area contributed by atoms with E-state index in [1.54, 1.807) is 0 Å². The summed E-state index contributed by atoms with van der Waals surface area (Å²) in [6.07, 6.45) is 0.549. The van der Waals surface area contributed by atoms with Gasteiger partial charge in [0.2, 0.25) is 0 Å². The fourth-order valence-corrected chi connectivity index (χ4v) is 2.06. The van der Waals surface area contributed by atoms with Gasteiger partial charge in [0.1, 0.15) is 0 Å². The van der Waals surface area contributed by atoms with Gasteiger partial charge in [0.25, 0.3) is 0 Å². The first kappa shape index (κ1) is 13.3. The molecule has 0 fully saturated rings. The quantitative estimate of drug-likeness (QED) is 0.755. The summed E-state index contributed by atoms with van der Waals surface area (Å²) in [6, 6.07) is 16.1. The van der Waals surface area contributed by atoms with E-state index in [2.05, 4.69) is 36.1 Å². The summed E-state index contributed by atoms with van der Waals surface area (Å²) >= 11 is 0. The van der Waals surface area contributed by atoms with Crippen LogP contribution in [0.15, 0.2) is 48.5 Å². The van der Waals surface area contributed by atoms with Crippen molar-refractivity contribution in [2.24, 2.45) is 0 Å². The number of carbonyl (C=O) groups excluding carboxylic acids is 1. The van der Waals surface area contributed by atoms with Gasteiger partial charge in [-0.3, -0.25) is 4.79 Å². The summed E-state index contributed by atoms with van der Waals surface area (Å²) in [5.74, 6) is 0.185. The molecule has 0 aliphatic carbocycles. The number of ketones is 1. The zero-order valence-electron chi connectivity index (χ0n) is 11.7. The molecule has 0 saturated carbocycles. The molecule has 2 nitrogen and oxygen atoms in total. The highest BCUT2D eigenvalue weighted by atomic mass is 16.1. The summed E-state index contributed by atoms with van der Waals surface area (Å²) < 4.78 is 0. The predicted molar refractivity (Wildman–Crippen MR) is 80.3 cm³/mol. The number of nitrogens with zero attached hydrogens (tertiary/aromatic N) is 1. The van der Waals surface area contributed by atoms with E-state index in [9.17, 15) is 4.79 Å². The average molecular weight is 253 g/mol. The molecule has 19 heavy (non-hydrogen) atoms. The van der Waals surface area contributed by atoms with Gasteiger partial charge < -0.3 is 4.90 Å². The van der Waals surface area contributed by atoms with E-state index in [0.29, 0.717) is 6.42 Å². The number of Topliss-reactive ketones (excluding diaryl/α,β-unsaturated/α-hetero) is 1. The Balaban J connectivity index is 2.25. The van der Waals surface area contributed by atoms with Crippen molar-refractivity contribution in [3.05, 3.63) is 59.7 Å². The topological polar surface area (TPSA) is 20.3 Å². The molecule has 98 valence electrons. The van der Waals surface area contributed by atoms with Crippen molar-refractivity contribution in [2.75, 3.05) is 11.9 Å². The Labute approximate surface area is 114 Å². The molecule has 2 heteroatoms. The van der Waals surface area contributed by atoms with Crippen LogP contribution in [0.5, 0.6) is 0 Å². The first-order chi connectivity index (χ1) is 9.11. The molecule has 0 spiro atoms. The maximum Gasteiger partial charge on any atom is 0.162 e. The summed E-state index contributed by atoms with van der Waals surface area (Å²) in [7, 11) is 2.03. The van der Waals surface area contributed by atoms with Crippen LogP contribution in [0.4, 0.5) is 11.4 Å². The van der Waals surface area contributed by atoms with Crippen LogP contribution < -0.4 is 4.90 Å². The van der Waals surface area contributed by atoms with Crippen LogP contribution in [0.3, 0.4) is 0 Å². The fraction of sp³-hybridized carbons (Fsp3) is 0.235. The molecule has 0 unspecified atom stereocenters. The summed E-state index contributed by atoms with van der Waals surface area (Å²) in [4.78, 5) is 13.7. The van der Waals surface area contributed by atoms with Gasteiger partial charge in [-0.25, -0.2) is 0 Å². The van der Waals surface area contributed by atoms with Crippen LogP contribution >= 0.6 is 0 Å². The van der Waals surface area contributed by atoms with Crippen molar-refractivity contribution in [1.29, 1.82) is 0 Å². The Morgan fingerprint density at radius 2 is 1.74 bits per heavy atom. The van der Waals surface area contributed by atoms with Crippen molar-refractivity contribution in [3.8, 4) is 0 Å². The van der Waals surface area contributed by atoms with Crippen LogP contribution in [0.2, 0.25) is 0 Å². The van der Waals surface area contributed by atoms with Gasteiger partial charge in [-0.2, -0.15) is 0 Å². The first-order valence-corrected chi connectivity index (χ1v) is 6.55. The SMILES string of the molecule is CCC(=O)c1ccc(N(C)c2cccc(C)c2)cc1. The minimum Gasteiger partial charge on any atom is -0.345 e. The van der Waals surface area contributed by atoms with Crippen molar-refractivity contribution >= 4 is 17.2 Å². The van der Waals surface area contributed by atoms with Crippen LogP contribution in [-0.4, -0.2) is 12.8 Å². The smallest absolute Gasteiger partial charge is 0.162 e. The Hall–Kier alpha value is -2.09. The standard InChI is InChI=1S/C17H19NO/c1-4-17(19)14-8-10-15(11-9-14)18(3)16-7-5-6-13(2)12-16/h5-12H,4H2,1-3H3.